The summed E-state index contributed by atoms with van der Waals surface area (Å²) in [5, 5.41) is 9.93. The van der Waals surface area contributed by atoms with E-state index in [0.717, 1.165) is 45.3 Å². The summed E-state index contributed by atoms with van der Waals surface area (Å²) in [5.74, 6) is -0.444. The molecule has 0 unspecified atom stereocenters. The highest BCUT2D eigenvalue weighted by molar-refractivity contribution is 7.89. The molecule has 0 bridgehead atoms. The van der Waals surface area contributed by atoms with E-state index in [-0.39, 0.29) is 16.2 Å². The van der Waals surface area contributed by atoms with Gasteiger partial charge in [0.1, 0.15) is 10.6 Å². The molecule has 0 radical (unpaired) electrons. The number of hydrogen-bond donors (Lipinski definition) is 1. The molecule has 2 aliphatic heterocycles. The van der Waals surface area contributed by atoms with E-state index < -0.39 is 16.0 Å². The average molecular weight is 516 g/mol. The van der Waals surface area contributed by atoms with E-state index in [4.69, 9.17) is 4.74 Å². The monoisotopic (exact) mass is 515 g/mol. The number of hydrogen-bond acceptors (Lipinski definition) is 6. The predicted molar refractivity (Wildman–Crippen MR) is 141 cm³/mol. The van der Waals surface area contributed by atoms with Gasteiger partial charge in [-0.15, -0.1) is 0 Å². The van der Waals surface area contributed by atoms with Crippen LogP contribution in [0, 0.1) is 0 Å². The first kappa shape index (κ1) is 26.4. The van der Waals surface area contributed by atoms with E-state index in [9.17, 15) is 18.3 Å². The van der Waals surface area contributed by atoms with Crippen molar-refractivity contribution in [2.45, 2.75) is 50.3 Å². The zero-order chi connectivity index (χ0) is 25.5. The van der Waals surface area contributed by atoms with Crippen molar-refractivity contribution >= 4 is 21.7 Å². The number of carboxylic acids is 1. The average Bonchev–Trinajstić information content (AvgIpc) is 3.60. The molecule has 0 aromatic heterocycles. The minimum absolute atomic E-state index is 0.0501. The molecule has 2 aliphatic rings. The van der Waals surface area contributed by atoms with E-state index in [1.165, 1.54) is 23.2 Å². The molecule has 2 fully saturated rings. The minimum Gasteiger partial charge on any atom is -0.478 e. The Balaban J connectivity index is 1.84. The molecule has 2 saturated heterocycles. The first-order chi connectivity index (χ1) is 17.4. The molecule has 2 aromatic rings. The summed E-state index contributed by atoms with van der Waals surface area (Å²) in [6.07, 6.45) is 5.81. The molecule has 2 heterocycles. The van der Waals surface area contributed by atoms with Crippen LogP contribution in [0.25, 0.3) is 0 Å². The van der Waals surface area contributed by atoms with Gasteiger partial charge < -0.3 is 19.6 Å². The van der Waals surface area contributed by atoms with Crippen LogP contribution in [0.4, 0.5) is 5.69 Å². The van der Waals surface area contributed by atoms with Crippen LogP contribution in [-0.2, 0) is 10.0 Å². The molecule has 0 aliphatic carbocycles. The maximum atomic E-state index is 13.8. The lowest BCUT2D eigenvalue weighted by Gasteiger charge is -2.30. The molecule has 196 valence electrons. The van der Waals surface area contributed by atoms with Crippen molar-refractivity contribution in [1.82, 2.24) is 9.21 Å². The molecule has 36 heavy (non-hydrogen) atoms. The van der Waals surface area contributed by atoms with Gasteiger partial charge >= 0.3 is 5.97 Å². The second-order valence-corrected chi connectivity index (χ2v) is 11.4. The van der Waals surface area contributed by atoms with Crippen molar-refractivity contribution in [1.29, 1.82) is 0 Å². The van der Waals surface area contributed by atoms with Crippen LogP contribution in [0.15, 0.2) is 47.4 Å². The van der Waals surface area contributed by atoms with Crippen molar-refractivity contribution in [2.24, 2.45) is 0 Å². The van der Waals surface area contributed by atoms with Crippen molar-refractivity contribution in [3.05, 3.63) is 48.0 Å². The number of likely N-dealkylation sites (tertiary alicyclic amines) is 1. The largest absolute Gasteiger partial charge is 0.478 e. The second kappa shape index (κ2) is 12.1. The van der Waals surface area contributed by atoms with Crippen LogP contribution in [0.1, 0.15) is 55.8 Å². The fourth-order valence-corrected chi connectivity index (χ4v) is 6.56. The van der Waals surface area contributed by atoms with Gasteiger partial charge in [-0.25, -0.2) is 13.2 Å². The summed E-state index contributed by atoms with van der Waals surface area (Å²) in [6.45, 7) is 7.25. The summed E-state index contributed by atoms with van der Waals surface area (Å²) in [5.41, 5.74) is 0.468. The Hall–Kier alpha value is -2.62. The zero-order valence-corrected chi connectivity index (χ0v) is 21.9. The maximum Gasteiger partial charge on any atom is 0.335 e. The minimum atomic E-state index is -3.94. The van der Waals surface area contributed by atoms with Gasteiger partial charge in [-0.2, -0.15) is 4.31 Å². The van der Waals surface area contributed by atoms with Gasteiger partial charge in [-0.3, -0.25) is 0 Å². The van der Waals surface area contributed by atoms with E-state index in [1.807, 2.05) is 18.2 Å². The van der Waals surface area contributed by atoms with E-state index in [2.05, 4.69) is 16.7 Å². The number of nitrogens with zero attached hydrogens (tertiary/aromatic N) is 3. The molecular formula is C27H37N3O5S. The van der Waals surface area contributed by atoms with Crippen LogP contribution in [-0.4, -0.2) is 74.5 Å². The lowest BCUT2D eigenvalue weighted by Crippen LogP contribution is -2.35. The first-order valence-electron chi connectivity index (χ1n) is 13.0. The third-order valence-corrected chi connectivity index (χ3v) is 8.84. The van der Waals surface area contributed by atoms with Crippen LogP contribution >= 0.6 is 0 Å². The van der Waals surface area contributed by atoms with E-state index >= 15 is 0 Å². The number of carbonyl (C=O) groups is 1. The molecule has 0 spiro atoms. The number of carboxylic acid groups (broad SMARTS) is 1. The third kappa shape index (κ3) is 6.19. The Bertz CT molecular complexity index is 1130. The van der Waals surface area contributed by atoms with Crippen LogP contribution in [0.2, 0.25) is 0 Å². The van der Waals surface area contributed by atoms with Gasteiger partial charge in [0.05, 0.1) is 11.3 Å². The number of sulfonamides is 1. The van der Waals surface area contributed by atoms with Gasteiger partial charge in [-0.05, 0) is 69.5 Å². The number of para-hydroxylation sites is 1. The second-order valence-electron chi connectivity index (χ2n) is 9.54. The highest BCUT2D eigenvalue weighted by Gasteiger charge is 2.34. The van der Waals surface area contributed by atoms with Crippen LogP contribution in [0.5, 0.6) is 11.5 Å². The molecule has 0 saturated carbocycles. The molecule has 2 aromatic carbocycles. The Morgan fingerprint density at radius 1 is 1.00 bits per heavy atom. The Morgan fingerprint density at radius 3 is 2.31 bits per heavy atom. The molecular weight excluding hydrogens is 478 g/mol. The van der Waals surface area contributed by atoms with Gasteiger partial charge in [0, 0.05) is 32.7 Å². The van der Waals surface area contributed by atoms with Gasteiger partial charge in [0.25, 0.3) is 0 Å². The lowest BCUT2D eigenvalue weighted by molar-refractivity contribution is 0.0696. The normalized spacial score (nSPS) is 16.9. The molecule has 1 N–H and O–H groups in total. The first-order valence-corrected chi connectivity index (χ1v) is 14.5. The zero-order valence-electron chi connectivity index (χ0n) is 21.1. The number of unbranched alkanes of at least 4 members (excludes halogenated alkanes) is 1. The smallest absolute Gasteiger partial charge is 0.335 e. The molecule has 8 nitrogen and oxygen atoms in total. The van der Waals surface area contributed by atoms with Gasteiger partial charge in [0.2, 0.25) is 10.0 Å². The third-order valence-electron chi connectivity index (χ3n) is 6.94. The number of aromatic carboxylic acids is 1. The Labute approximate surface area is 214 Å². The molecule has 0 amide bonds. The SMILES string of the molecule is CCCCN(CCN1CCCC1)c1cc(C(=O)O)cc(S(=O)(=O)N2CCCC2)c1Oc1ccccc1. The maximum absolute atomic E-state index is 13.8. The fraction of sp³-hybridized carbons (Fsp3) is 0.519. The topological polar surface area (TPSA) is 90.4 Å². The van der Waals surface area contributed by atoms with Crippen molar-refractivity contribution in [2.75, 3.05) is 50.7 Å². The molecule has 9 heteroatoms. The Kier molecular flexibility index (Phi) is 8.87. The summed E-state index contributed by atoms with van der Waals surface area (Å²) in [7, 11) is -3.94. The summed E-state index contributed by atoms with van der Waals surface area (Å²) in [6, 6.07) is 11.9. The predicted octanol–water partition coefficient (Wildman–Crippen LogP) is 4.66. The van der Waals surface area contributed by atoms with Gasteiger partial charge in [0.15, 0.2) is 5.75 Å². The van der Waals surface area contributed by atoms with Crippen LogP contribution < -0.4 is 9.64 Å². The summed E-state index contributed by atoms with van der Waals surface area (Å²) in [4.78, 5) is 16.6. The lowest BCUT2D eigenvalue weighted by atomic mass is 10.1. The highest BCUT2D eigenvalue weighted by atomic mass is 32.2. The number of rotatable bonds is 12. The number of benzene rings is 2. The quantitative estimate of drug-likeness (QED) is 0.440. The van der Waals surface area contributed by atoms with E-state index in [1.54, 1.807) is 18.2 Å². The highest BCUT2D eigenvalue weighted by Crippen LogP contribution is 2.41. The van der Waals surface area contributed by atoms with Crippen molar-refractivity contribution < 1.29 is 23.1 Å². The fourth-order valence-electron chi connectivity index (χ4n) is 4.88. The molecule has 4 rings (SSSR count). The van der Waals surface area contributed by atoms with E-state index in [0.29, 0.717) is 37.6 Å². The van der Waals surface area contributed by atoms with Crippen LogP contribution in [0.3, 0.4) is 0 Å². The summed E-state index contributed by atoms with van der Waals surface area (Å²) < 4.78 is 35.3. The van der Waals surface area contributed by atoms with Gasteiger partial charge in [-0.1, -0.05) is 31.5 Å². The summed E-state index contributed by atoms with van der Waals surface area (Å²) >= 11 is 0. The van der Waals surface area contributed by atoms with Crippen molar-refractivity contribution in [3.63, 3.8) is 0 Å². The Morgan fingerprint density at radius 2 is 1.67 bits per heavy atom. The molecule has 0 atom stereocenters. The number of ether oxygens (including phenoxy) is 1. The van der Waals surface area contributed by atoms with Crippen molar-refractivity contribution in [3.8, 4) is 11.5 Å². The number of anilines is 1. The standard InChI is InChI=1S/C27H37N3O5S/c1-2-3-15-29(19-18-28-13-7-8-14-28)24-20-22(27(31)32)21-25(36(33,34)30-16-9-10-17-30)26(24)35-23-11-5-4-6-12-23/h4-6,11-12,20-21H,2-3,7-10,13-19H2,1H3,(H,31,32).